The van der Waals surface area contributed by atoms with Crippen LogP contribution in [0.2, 0.25) is 0 Å². The molecule has 2 heterocycles. The van der Waals surface area contributed by atoms with Gasteiger partial charge >= 0.3 is 0 Å². The molecule has 5 heteroatoms. The number of rotatable bonds is 1. The summed E-state index contributed by atoms with van der Waals surface area (Å²) in [6.45, 7) is 0.643. The summed E-state index contributed by atoms with van der Waals surface area (Å²) in [5.41, 5.74) is 0.945. The highest BCUT2D eigenvalue weighted by atomic mass is 79.9. The molecule has 1 aliphatic rings. The maximum atomic E-state index is 11.1. The molecule has 1 N–H and O–H groups in total. The van der Waals surface area contributed by atoms with Crippen LogP contribution in [0.3, 0.4) is 0 Å². The lowest BCUT2D eigenvalue weighted by molar-refractivity contribution is -0.131. The summed E-state index contributed by atoms with van der Waals surface area (Å²) >= 11 is 3.40. The zero-order chi connectivity index (χ0) is 9.97. The van der Waals surface area contributed by atoms with Crippen LogP contribution in [0.4, 0.5) is 0 Å². The van der Waals surface area contributed by atoms with Gasteiger partial charge in [-0.15, -0.1) is 0 Å². The molecule has 74 valence electrons. The molecule has 1 aromatic heterocycles. The number of hydrogen-bond acceptors (Lipinski definition) is 3. The monoisotopic (exact) mass is 256 g/mol. The largest absolute Gasteiger partial charge is 0.369 e. The molecule has 0 radical (unpaired) electrons. The number of ether oxygens (including phenoxy) is 1. The van der Waals surface area contributed by atoms with Gasteiger partial charge in [-0.25, -0.2) is 0 Å². The molecule has 1 aromatic rings. The van der Waals surface area contributed by atoms with E-state index in [9.17, 15) is 4.79 Å². The fourth-order valence-corrected chi connectivity index (χ4v) is 1.86. The van der Waals surface area contributed by atoms with Gasteiger partial charge in [-0.3, -0.25) is 9.78 Å². The van der Waals surface area contributed by atoms with Crippen LogP contribution in [-0.2, 0) is 9.53 Å². The van der Waals surface area contributed by atoms with Crippen molar-refractivity contribution in [3.63, 3.8) is 0 Å². The molecule has 1 amide bonds. The highest BCUT2D eigenvalue weighted by molar-refractivity contribution is 9.10. The van der Waals surface area contributed by atoms with E-state index in [-0.39, 0.29) is 18.6 Å². The molecule has 1 aliphatic heterocycles. The van der Waals surface area contributed by atoms with E-state index in [1.807, 2.05) is 6.07 Å². The lowest BCUT2D eigenvalue weighted by atomic mass is 10.1. The molecular weight excluding hydrogens is 248 g/mol. The molecule has 0 saturated carbocycles. The Hall–Kier alpha value is -0.940. The van der Waals surface area contributed by atoms with Crippen LogP contribution in [0.1, 0.15) is 11.6 Å². The zero-order valence-corrected chi connectivity index (χ0v) is 8.95. The Bertz CT molecular complexity index is 356. The second-order valence-corrected chi connectivity index (χ2v) is 3.89. The molecule has 4 nitrogen and oxygen atoms in total. The molecule has 0 aromatic carbocycles. The van der Waals surface area contributed by atoms with Crippen molar-refractivity contribution >= 4 is 21.8 Å². The third kappa shape index (κ3) is 1.93. The number of pyridine rings is 1. The highest BCUT2D eigenvalue weighted by Crippen LogP contribution is 2.23. The van der Waals surface area contributed by atoms with E-state index < -0.39 is 0 Å². The van der Waals surface area contributed by atoms with Gasteiger partial charge in [0.1, 0.15) is 6.61 Å². The van der Waals surface area contributed by atoms with Gasteiger partial charge in [0.2, 0.25) is 5.91 Å². The van der Waals surface area contributed by atoms with E-state index in [1.165, 1.54) is 0 Å². The second kappa shape index (κ2) is 4.06. The number of aromatic nitrogens is 1. The first-order valence-electron chi connectivity index (χ1n) is 4.24. The predicted molar refractivity (Wildman–Crippen MR) is 53.6 cm³/mol. The van der Waals surface area contributed by atoms with Gasteiger partial charge in [-0.2, -0.15) is 0 Å². The first-order valence-corrected chi connectivity index (χ1v) is 5.03. The number of morpholine rings is 1. The highest BCUT2D eigenvalue weighted by Gasteiger charge is 2.21. The van der Waals surface area contributed by atoms with E-state index in [1.54, 1.807) is 12.4 Å². The van der Waals surface area contributed by atoms with E-state index in [2.05, 4.69) is 26.2 Å². The van der Waals surface area contributed by atoms with Crippen LogP contribution >= 0.6 is 15.9 Å². The Balaban J connectivity index is 2.22. The third-order valence-corrected chi connectivity index (χ3v) is 2.75. The van der Waals surface area contributed by atoms with Gasteiger partial charge in [-0.05, 0) is 6.07 Å². The summed E-state index contributed by atoms with van der Waals surface area (Å²) in [7, 11) is 0. The van der Waals surface area contributed by atoms with Crippen LogP contribution in [0, 0.1) is 0 Å². The first-order chi connectivity index (χ1) is 6.77. The second-order valence-electron chi connectivity index (χ2n) is 3.03. The maximum Gasteiger partial charge on any atom is 0.246 e. The first kappa shape index (κ1) is 9.61. The standard InChI is InChI=1S/C9H9BrN2O2/c10-7-1-2-11-3-6(7)8-4-14-5-9(13)12-8/h1-3,8H,4-5H2,(H,12,13)/t8-/m1/s1. The number of nitrogens with zero attached hydrogens (tertiary/aromatic N) is 1. The smallest absolute Gasteiger partial charge is 0.246 e. The van der Waals surface area contributed by atoms with Gasteiger partial charge in [0.25, 0.3) is 0 Å². The normalized spacial score (nSPS) is 21.8. The molecule has 2 rings (SSSR count). The van der Waals surface area contributed by atoms with Crippen LogP contribution < -0.4 is 5.32 Å². The molecule has 0 unspecified atom stereocenters. The van der Waals surface area contributed by atoms with Crippen LogP contribution in [0.15, 0.2) is 22.9 Å². The molecule has 1 saturated heterocycles. The number of carbonyl (C=O) groups is 1. The topological polar surface area (TPSA) is 51.2 Å². The number of nitrogens with one attached hydrogen (secondary N) is 1. The molecule has 1 atom stereocenters. The third-order valence-electron chi connectivity index (χ3n) is 2.02. The summed E-state index contributed by atoms with van der Waals surface area (Å²) < 4.78 is 6.08. The van der Waals surface area contributed by atoms with Crippen molar-refractivity contribution in [3.05, 3.63) is 28.5 Å². The summed E-state index contributed by atoms with van der Waals surface area (Å²) in [6, 6.07) is 1.75. The van der Waals surface area contributed by atoms with E-state index in [0.29, 0.717) is 6.61 Å². The van der Waals surface area contributed by atoms with E-state index in [0.717, 1.165) is 10.0 Å². The molecule has 0 aliphatic carbocycles. The van der Waals surface area contributed by atoms with E-state index in [4.69, 9.17) is 4.74 Å². The number of halogens is 1. The van der Waals surface area contributed by atoms with Gasteiger partial charge in [0, 0.05) is 22.4 Å². The van der Waals surface area contributed by atoms with Crippen molar-refractivity contribution in [2.24, 2.45) is 0 Å². The Morgan fingerprint density at radius 2 is 2.50 bits per heavy atom. The van der Waals surface area contributed by atoms with Gasteiger partial charge in [-0.1, -0.05) is 15.9 Å². The Morgan fingerprint density at radius 1 is 1.64 bits per heavy atom. The van der Waals surface area contributed by atoms with Crippen molar-refractivity contribution < 1.29 is 9.53 Å². The molecular formula is C9H9BrN2O2. The van der Waals surface area contributed by atoms with Crippen LogP contribution in [0.5, 0.6) is 0 Å². The predicted octanol–water partition coefficient (Wildman–Crippen LogP) is 1.03. The average molecular weight is 257 g/mol. The molecule has 1 fully saturated rings. The SMILES string of the molecule is O=C1COC[C@H](c2cnccc2Br)N1. The maximum absolute atomic E-state index is 11.1. The van der Waals surface area contributed by atoms with Gasteiger partial charge < -0.3 is 10.1 Å². The van der Waals surface area contributed by atoms with Crippen LogP contribution in [0.25, 0.3) is 0 Å². The van der Waals surface area contributed by atoms with E-state index >= 15 is 0 Å². The van der Waals surface area contributed by atoms with Crippen molar-refractivity contribution in [2.45, 2.75) is 6.04 Å². The van der Waals surface area contributed by atoms with Crippen molar-refractivity contribution in [1.29, 1.82) is 0 Å². The molecule has 0 bridgehead atoms. The Morgan fingerprint density at radius 3 is 3.21 bits per heavy atom. The van der Waals surface area contributed by atoms with Gasteiger partial charge in [0.15, 0.2) is 0 Å². The van der Waals surface area contributed by atoms with Crippen molar-refractivity contribution in [3.8, 4) is 0 Å². The summed E-state index contributed by atoms with van der Waals surface area (Å²) in [5.74, 6) is -0.0861. The number of amides is 1. The minimum Gasteiger partial charge on any atom is -0.369 e. The van der Waals surface area contributed by atoms with Crippen LogP contribution in [-0.4, -0.2) is 24.1 Å². The lowest BCUT2D eigenvalue weighted by Gasteiger charge is -2.24. The Labute approximate surface area is 89.8 Å². The molecule has 14 heavy (non-hydrogen) atoms. The number of carbonyl (C=O) groups excluding carboxylic acids is 1. The van der Waals surface area contributed by atoms with Gasteiger partial charge in [0.05, 0.1) is 12.6 Å². The lowest BCUT2D eigenvalue weighted by Crippen LogP contribution is -2.39. The minimum absolute atomic E-state index is 0.0861. The quantitative estimate of drug-likeness (QED) is 0.817. The fraction of sp³-hybridized carbons (Fsp3) is 0.333. The summed E-state index contributed by atoms with van der Waals surface area (Å²) in [5, 5.41) is 2.84. The zero-order valence-electron chi connectivity index (χ0n) is 7.37. The summed E-state index contributed by atoms with van der Waals surface area (Å²) in [6.07, 6.45) is 3.42. The Kier molecular flexibility index (Phi) is 2.79. The fourth-order valence-electron chi connectivity index (χ4n) is 1.36. The van der Waals surface area contributed by atoms with Crippen molar-refractivity contribution in [1.82, 2.24) is 10.3 Å². The minimum atomic E-state index is -0.0978. The molecule has 0 spiro atoms. The average Bonchev–Trinajstić information content (AvgIpc) is 2.18. The number of hydrogen-bond donors (Lipinski definition) is 1. The van der Waals surface area contributed by atoms with Crippen molar-refractivity contribution in [2.75, 3.05) is 13.2 Å². The summed E-state index contributed by atoms with van der Waals surface area (Å²) in [4.78, 5) is 15.1.